The highest BCUT2D eigenvalue weighted by Crippen LogP contribution is 2.26. The highest BCUT2D eigenvalue weighted by Gasteiger charge is 2.18. The number of hydrogen-bond donors (Lipinski definition) is 1. The van der Waals surface area contributed by atoms with E-state index in [1.165, 1.54) is 0 Å². The fourth-order valence-electron chi connectivity index (χ4n) is 3.71. The third-order valence-electron chi connectivity index (χ3n) is 5.49. The maximum absolute atomic E-state index is 13.3. The lowest BCUT2D eigenvalue weighted by Crippen LogP contribution is -2.25. The molecular weight excluding hydrogens is 448 g/mol. The molecule has 0 aliphatic carbocycles. The molecule has 3 aromatic carbocycles. The fraction of sp³-hybridized carbons (Fsp3) is 0.143. The topological polar surface area (TPSA) is 60.3 Å². The lowest BCUT2D eigenvalue weighted by atomic mass is 10.0. The average Bonchev–Trinajstić information content (AvgIpc) is 3.30. The Bertz CT molecular complexity index is 1280. The number of amides is 1. The molecule has 34 heavy (non-hydrogen) atoms. The van der Waals surface area contributed by atoms with E-state index in [0.717, 1.165) is 23.2 Å². The molecule has 0 aliphatic heterocycles. The van der Waals surface area contributed by atoms with Gasteiger partial charge in [-0.3, -0.25) is 4.79 Å². The summed E-state index contributed by atoms with van der Waals surface area (Å²) in [6.07, 6.45) is 2.29. The monoisotopic (exact) mass is 472 g/mol. The SMILES string of the molecule is CCc1cc(CNC(=O)OCc2ccccc2)n(-c2ccc(Cl)cc2C(=O)c2ccccc2)c1. The van der Waals surface area contributed by atoms with E-state index in [2.05, 4.69) is 12.2 Å². The van der Waals surface area contributed by atoms with Gasteiger partial charge in [-0.25, -0.2) is 4.79 Å². The normalized spacial score (nSPS) is 10.6. The van der Waals surface area contributed by atoms with Gasteiger partial charge < -0.3 is 14.6 Å². The zero-order chi connectivity index (χ0) is 23.9. The van der Waals surface area contributed by atoms with Crippen LogP contribution in [0.15, 0.2) is 91.1 Å². The van der Waals surface area contributed by atoms with E-state index >= 15 is 0 Å². The van der Waals surface area contributed by atoms with Crippen molar-refractivity contribution >= 4 is 23.5 Å². The van der Waals surface area contributed by atoms with Crippen molar-refractivity contribution in [2.24, 2.45) is 0 Å². The molecule has 172 valence electrons. The van der Waals surface area contributed by atoms with E-state index in [1.54, 1.807) is 24.3 Å². The van der Waals surface area contributed by atoms with Crippen LogP contribution in [0.3, 0.4) is 0 Å². The van der Waals surface area contributed by atoms with Crippen molar-refractivity contribution in [3.8, 4) is 5.69 Å². The first kappa shape index (κ1) is 23.3. The van der Waals surface area contributed by atoms with E-state index in [0.29, 0.717) is 21.8 Å². The number of aromatic nitrogens is 1. The molecule has 1 amide bonds. The smallest absolute Gasteiger partial charge is 0.407 e. The number of rotatable bonds is 8. The van der Waals surface area contributed by atoms with Gasteiger partial charge in [-0.05, 0) is 41.8 Å². The number of aryl methyl sites for hydroxylation is 1. The van der Waals surface area contributed by atoms with E-state index in [9.17, 15) is 9.59 Å². The predicted octanol–water partition coefficient (Wildman–Crippen LogP) is 6.35. The van der Waals surface area contributed by atoms with Gasteiger partial charge in [-0.1, -0.05) is 79.2 Å². The molecule has 0 aliphatic rings. The number of halogens is 1. The molecule has 6 heteroatoms. The molecule has 0 fully saturated rings. The molecular formula is C28H25ClN2O3. The van der Waals surface area contributed by atoms with Crippen LogP contribution >= 0.6 is 11.6 Å². The quantitative estimate of drug-likeness (QED) is 0.304. The first-order chi connectivity index (χ1) is 16.5. The molecule has 4 rings (SSSR count). The maximum Gasteiger partial charge on any atom is 0.407 e. The van der Waals surface area contributed by atoms with Crippen LogP contribution in [0.5, 0.6) is 0 Å². The van der Waals surface area contributed by atoms with Crippen molar-refractivity contribution in [3.05, 3.63) is 124 Å². The van der Waals surface area contributed by atoms with Crippen molar-refractivity contribution in [1.82, 2.24) is 9.88 Å². The molecule has 1 heterocycles. The van der Waals surface area contributed by atoms with Crippen molar-refractivity contribution in [2.45, 2.75) is 26.5 Å². The maximum atomic E-state index is 13.3. The molecule has 1 N–H and O–H groups in total. The summed E-state index contributed by atoms with van der Waals surface area (Å²) in [4.78, 5) is 25.6. The van der Waals surface area contributed by atoms with Crippen LogP contribution in [-0.2, 0) is 24.3 Å². The van der Waals surface area contributed by atoms with E-state index < -0.39 is 6.09 Å². The third-order valence-corrected chi connectivity index (χ3v) is 5.73. The molecule has 0 bridgehead atoms. The second-order valence-electron chi connectivity index (χ2n) is 7.84. The van der Waals surface area contributed by atoms with Crippen molar-refractivity contribution < 1.29 is 14.3 Å². The second kappa shape index (κ2) is 10.9. The van der Waals surface area contributed by atoms with Crippen LogP contribution in [0.25, 0.3) is 5.69 Å². The Labute approximate surface area is 204 Å². The van der Waals surface area contributed by atoms with Crippen molar-refractivity contribution in [1.29, 1.82) is 0 Å². The van der Waals surface area contributed by atoms with Gasteiger partial charge in [0, 0.05) is 28.0 Å². The average molecular weight is 473 g/mol. The lowest BCUT2D eigenvalue weighted by molar-refractivity contribution is 0.103. The number of benzene rings is 3. The number of alkyl carbamates (subject to hydrolysis) is 1. The zero-order valence-corrected chi connectivity index (χ0v) is 19.6. The Hall–Kier alpha value is -3.83. The van der Waals surface area contributed by atoms with E-state index in [4.69, 9.17) is 16.3 Å². The van der Waals surface area contributed by atoms with Crippen LogP contribution < -0.4 is 5.32 Å². The Morgan fingerprint density at radius 1 is 0.912 bits per heavy atom. The standard InChI is InChI=1S/C28H25ClN2O3/c1-2-20-15-24(17-30-28(33)34-19-21-9-5-3-6-10-21)31(18-20)26-14-13-23(29)16-25(26)27(32)22-11-7-4-8-12-22/h3-16,18H,2,17,19H2,1H3,(H,30,33). The summed E-state index contributed by atoms with van der Waals surface area (Å²) in [5, 5.41) is 3.30. The van der Waals surface area contributed by atoms with Crippen LogP contribution in [0.1, 0.15) is 39.7 Å². The molecule has 0 radical (unpaired) electrons. The van der Waals surface area contributed by atoms with Gasteiger partial charge in [-0.2, -0.15) is 0 Å². The number of ketones is 1. The number of carbonyl (C=O) groups is 2. The first-order valence-corrected chi connectivity index (χ1v) is 11.5. The largest absolute Gasteiger partial charge is 0.445 e. The minimum Gasteiger partial charge on any atom is -0.445 e. The molecule has 0 saturated carbocycles. The van der Waals surface area contributed by atoms with Gasteiger partial charge in [0.2, 0.25) is 0 Å². The van der Waals surface area contributed by atoms with Crippen molar-refractivity contribution in [3.63, 3.8) is 0 Å². The lowest BCUT2D eigenvalue weighted by Gasteiger charge is -2.15. The molecule has 4 aromatic rings. The van der Waals surface area contributed by atoms with E-state index in [-0.39, 0.29) is 18.9 Å². The summed E-state index contributed by atoms with van der Waals surface area (Å²) in [7, 11) is 0. The highest BCUT2D eigenvalue weighted by atomic mass is 35.5. The number of hydrogen-bond acceptors (Lipinski definition) is 3. The van der Waals surface area contributed by atoms with Gasteiger partial charge in [0.05, 0.1) is 12.2 Å². The molecule has 0 saturated heterocycles. The van der Waals surface area contributed by atoms with Crippen LogP contribution in [0, 0.1) is 0 Å². The summed E-state index contributed by atoms with van der Waals surface area (Å²) in [6, 6.07) is 25.9. The van der Waals surface area contributed by atoms with Crippen LogP contribution in [0.2, 0.25) is 5.02 Å². The molecule has 0 spiro atoms. The van der Waals surface area contributed by atoms with Gasteiger partial charge in [0.15, 0.2) is 5.78 Å². The van der Waals surface area contributed by atoms with Gasteiger partial charge >= 0.3 is 6.09 Å². The summed E-state index contributed by atoms with van der Waals surface area (Å²) < 4.78 is 7.27. The van der Waals surface area contributed by atoms with E-state index in [1.807, 2.05) is 71.4 Å². The minimum absolute atomic E-state index is 0.119. The summed E-state index contributed by atoms with van der Waals surface area (Å²) in [6.45, 7) is 2.50. The van der Waals surface area contributed by atoms with Crippen LogP contribution in [0.4, 0.5) is 4.79 Å². The van der Waals surface area contributed by atoms with Gasteiger partial charge in [-0.15, -0.1) is 0 Å². The highest BCUT2D eigenvalue weighted by molar-refractivity contribution is 6.31. The number of carbonyl (C=O) groups excluding carboxylic acids is 2. The fourth-order valence-corrected chi connectivity index (χ4v) is 3.88. The van der Waals surface area contributed by atoms with Crippen molar-refractivity contribution in [2.75, 3.05) is 0 Å². The van der Waals surface area contributed by atoms with Crippen LogP contribution in [-0.4, -0.2) is 16.4 Å². The third kappa shape index (κ3) is 5.56. The summed E-state index contributed by atoms with van der Waals surface area (Å²) in [5.74, 6) is -0.119. The Morgan fingerprint density at radius 3 is 2.32 bits per heavy atom. The Morgan fingerprint density at radius 2 is 1.62 bits per heavy atom. The van der Waals surface area contributed by atoms with Gasteiger partial charge in [0.25, 0.3) is 0 Å². The summed E-state index contributed by atoms with van der Waals surface area (Å²) >= 11 is 6.26. The predicted molar refractivity (Wildman–Crippen MR) is 133 cm³/mol. The zero-order valence-electron chi connectivity index (χ0n) is 18.8. The minimum atomic E-state index is -0.508. The molecule has 0 unspecified atom stereocenters. The Kier molecular flexibility index (Phi) is 7.45. The molecule has 1 aromatic heterocycles. The number of nitrogens with zero attached hydrogens (tertiary/aromatic N) is 1. The summed E-state index contributed by atoms with van der Waals surface area (Å²) in [5.41, 5.74) is 4.61. The molecule has 0 atom stereocenters. The molecule has 5 nitrogen and oxygen atoms in total. The second-order valence-corrected chi connectivity index (χ2v) is 8.27. The first-order valence-electron chi connectivity index (χ1n) is 11.1. The number of nitrogens with one attached hydrogen (secondary N) is 1. The number of ether oxygens (including phenoxy) is 1. The van der Waals surface area contributed by atoms with Gasteiger partial charge in [0.1, 0.15) is 6.61 Å². The Balaban J connectivity index is 1.58.